The average Bonchev–Trinajstić information content (AvgIpc) is 2.52. The maximum absolute atomic E-state index is 11.8. The van der Waals surface area contributed by atoms with Gasteiger partial charge in [-0.2, -0.15) is 0 Å². The van der Waals surface area contributed by atoms with Gasteiger partial charge in [0.25, 0.3) is 0 Å². The fraction of sp³-hybridized carbons (Fsp3) is 0.400. The normalized spacial score (nSPS) is 18.2. The van der Waals surface area contributed by atoms with E-state index in [1.807, 2.05) is 0 Å². The Hall–Kier alpha value is -2.36. The molecule has 24 heavy (non-hydrogen) atoms. The Bertz CT molecular complexity index is 655. The van der Waals surface area contributed by atoms with Crippen LogP contribution in [0.15, 0.2) is 46.6 Å². The largest absolute Gasteiger partial charge is 0.301 e. The van der Waals surface area contributed by atoms with Crippen molar-refractivity contribution in [1.29, 1.82) is 5.41 Å². The zero-order chi connectivity index (χ0) is 17.7. The summed E-state index contributed by atoms with van der Waals surface area (Å²) in [5.74, 6) is -0.120. The van der Waals surface area contributed by atoms with E-state index in [0.29, 0.717) is 28.9 Å². The van der Waals surface area contributed by atoms with Gasteiger partial charge in [0.1, 0.15) is 0 Å². The maximum atomic E-state index is 11.8. The molecule has 0 aromatic carbocycles. The molecule has 0 atom stereocenters. The summed E-state index contributed by atoms with van der Waals surface area (Å²) >= 11 is 0. The van der Waals surface area contributed by atoms with Crippen molar-refractivity contribution < 1.29 is 14.4 Å². The van der Waals surface area contributed by atoms with E-state index in [0.717, 1.165) is 37.7 Å². The molecule has 0 aliphatic heterocycles. The van der Waals surface area contributed by atoms with E-state index in [-0.39, 0.29) is 17.3 Å². The summed E-state index contributed by atoms with van der Waals surface area (Å²) in [4.78, 5) is 35.0. The number of allylic oxidation sites excluding steroid dienone is 8. The van der Waals surface area contributed by atoms with Gasteiger partial charge in [0.15, 0.2) is 17.3 Å². The van der Waals surface area contributed by atoms with Crippen molar-refractivity contribution in [3.63, 3.8) is 0 Å². The minimum absolute atomic E-state index is 0.00300. The molecule has 2 aliphatic carbocycles. The summed E-state index contributed by atoms with van der Waals surface area (Å²) in [6, 6.07) is 0. The minimum atomic E-state index is -0.0691. The number of hydrogen-bond acceptors (Lipinski definition) is 4. The lowest BCUT2D eigenvalue weighted by Crippen LogP contribution is -2.11. The smallest absolute Gasteiger partial charge is 0.182 e. The monoisotopic (exact) mass is 325 g/mol. The zero-order valence-electron chi connectivity index (χ0n) is 14.3. The number of unbranched alkanes of at least 4 members (excludes halogenated alkanes) is 3. The molecule has 0 fully saturated rings. The van der Waals surface area contributed by atoms with Crippen molar-refractivity contribution in [2.24, 2.45) is 0 Å². The zero-order valence-corrected chi connectivity index (χ0v) is 14.3. The van der Waals surface area contributed by atoms with Gasteiger partial charge in [0.05, 0.1) is 5.71 Å². The van der Waals surface area contributed by atoms with Crippen LogP contribution in [0.1, 0.15) is 52.4 Å². The Labute approximate surface area is 142 Å². The van der Waals surface area contributed by atoms with Gasteiger partial charge in [-0.1, -0.05) is 12.8 Å². The van der Waals surface area contributed by atoms with Crippen LogP contribution in [0.4, 0.5) is 0 Å². The third kappa shape index (κ3) is 4.57. The van der Waals surface area contributed by atoms with Gasteiger partial charge in [0, 0.05) is 11.1 Å². The van der Waals surface area contributed by atoms with E-state index in [2.05, 4.69) is 0 Å². The predicted octanol–water partition coefficient (Wildman–Crippen LogP) is 3.83. The number of nitrogens with one attached hydrogen (secondary N) is 1. The highest BCUT2D eigenvalue weighted by Gasteiger charge is 2.17. The van der Waals surface area contributed by atoms with Crippen molar-refractivity contribution in [3.8, 4) is 0 Å². The second-order valence-electron chi connectivity index (χ2n) is 6.41. The SMILES string of the molecule is CC1=CC(=N)C(CCCCCCC2=CC(=O)C(C)=CC2=O)=CC1=O. The molecule has 0 aromatic heterocycles. The van der Waals surface area contributed by atoms with Gasteiger partial charge in [-0.3, -0.25) is 14.4 Å². The molecular weight excluding hydrogens is 302 g/mol. The standard InChI is InChI=1S/C20H23NO3/c1-13-9-17(21)15(11-18(13)22)7-5-3-4-6-8-16-12-19(23)14(2)10-20(16)24/h9-12,21H,3-8H2,1-2H3. The van der Waals surface area contributed by atoms with Crippen molar-refractivity contribution in [2.75, 3.05) is 0 Å². The quantitative estimate of drug-likeness (QED) is 0.571. The van der Waals surface area contributed by atoms with Gasteiger partial charge in [-0.15, -0.1) is 0 Å². The highest BCUT2D eigenvalue weighted by molar-refractivity contribution is 6.21. The molecule has 0 heterocycles. The average molecular weight is 325 g/mol. The number of ketones is 3. The van der Waals surface area contributed by atoms with E-state index >= 15 is 0 Å². The van der Waals surface area contributed by atoms with Gasteiger partial charge >= 0.3 is 0 Å². The van der Waals surface area contributed by atoms with E-state index in [9.17, 15) is 14.4 Å². The minimum Gasteiger partial charge on any atom is -0.301 e. The molecule has 2 rings (SSSR count). The number of rotatable bonds is 7. The summed E-state index contributed by atoms with van der Waals surface area (Å²) in [6.07, 6.45) is 11.2. The Kier molecular flexibility index (Phi) is 5.96. The molecule has 0 spiro atoms. The van der Waals surface area contributed by atoms with Crippen LogP contribution in [0.25, 0.3) is 0 Å². The predicted molar refractivity (Wildman–Crippen MR) is 94.1 cm³/mol. The van der Waals surface area contributed by atoms with E-state index < -0.39 is 0 Å². The van der Waals surface area contributed by atoms with Crippen molar-refractivity contribution in [1.82, 2.24) is 0 Å². The van der Waals surface area contributed by atoms with Gasteiger partial charge in [-0.25, -0.2) is 0 Å². The van der Waals surface area contributed by atoms with Crippen LogP contribution in [0.2, 0.25) is 0 Å². The lowest BCUT2D eigenvalue weighted by molar-refractivity contribution is -0.115. The molecule has 2 aliphatic rings. The molecule has 0 aromatic rings. The van der Waals surface area contributed by atoms with Crippen LogP contribution in [0.5, 0.6) is 0 Å². The van der Waals surface area contributed by atoms with Crippen LogP contribution in [0.3, 0.4) is 0 Å². The molecule has 0 saturated carbocycles. The summed E-state index contributed by atoms with van der Waals surface area (Å²) in [5, 5.41) is 7.89. The molecule has 0 radical (unpaired) electrons. The Morgan fingerprint density at radius 3 is 1.79 bits per heavy atom. The Balaban J connectivity index is 1.68. The first-order valence-corrected chi connectivity index (χ1v) is 8.38. The molecule has 1 N–H and O–H groups in total. The van der Waals surface area contributed by atoms with Crippen molar-refractivity contribution in [2.45, 2.75) is 52.4 Å². The molecular formula is C20H23NO3. The van der Waals surface area contributed by atoms with Crippen LogP contribution in [-0.4, -0.2) is 23.1 Å². The summed E-state index contributed by atoms with van der Waals surface area (Å²) in [5.41, 5.74) is 2.97. The third-order valence-corrected chi connectivity index (χ3v) is 4.40. The number of carbonyl (C=O) groups is 3. The first-order valence-electron chi connectivity index (χ1n) is 8.38. The molecule has 126 valence electrons. The summed E-state index contributed by atoms with van der Waals surface area (Å²) in [6.45, 7) is 3.39. The number of hydrogen-bond donors (Lipinski definition) is 1. The van der Waals surface area contributed by atoms with Crippen LogP contribution in [-0.2, 0) is 14.4 Å². The van der Waals surface area contributed by atoms with E-state index in [1.54, 1.807) is 26.0 Å². The van der Waals surface area contributed by atoms with Crippen LogP contribution in [0, 0.1) is 5.41 Å². The van der Waals surface area contributed by atoms with E-state index in [4.69, 9.17) is 5.41 Å². The van der Waals surface area contributed by atoms with E-state index in [1.165, 1.54) is 12.2 Å². The Morgan fingerprint density at radius 2 is 1.17 bits per heavy atom. The topological polar surface area (TPSA) is 75.1 Å². The highest BCUT2D eigenvalue weighted by atomic mass is 16.1. The second-order valence-corrected chi connectivity index (χ2v) is 6.41. The molecule has 4 heteroatoms. The second kappa shape index (κ2) is 7.95. The van der Waals surface area contributed by atoms with Gasteiger partial charge in [-0.05, 0) is 75.0 Å². The van der Waals surface area contributed by atoms with Crippen molar-refractivity contribution in [3.05, 3.63) is 46.6 Å². The Morgan fingerprint density at radius 1 is 0.667 bits per heavy atom. The number of carbonyl (C=O) groups excluding carboxylic acids is 3. The highest BCUT2D eigenvalue weighted by Crippen LogP contribution is 2.20. The first kappa shape index (κ1) is 18.0. The van der Waals surface area contributed by atoms with Crippen LogP contribution < -0.4 is 0 Å². The van der Waals surface area contributed by atoms with Gasteiger partial charge in [0.2, 0.25) is 0 Å². The van der Waals surface area contributed by atoms with Crippen LogP contribution >= 0.6 is 0 Å². The third-order valence-electron chi connectivity index (χ3n) is 4.40. The molecule has 0 bridgehead atoms. The first-order chi connectivity index (χ1) is 11.4. The summed E-state index contributed by atoms with van der Waals surface area (Å²) < 4.78 is 0. The van der Waals surface area contributed by atoms with Crippen molar-refractivity contribution >= 4 is 23.1 Å². The molecule has 0 saturated heterocycles. The molecule has 4 nitrogen and oxygen atoms in total. The fourth-order valence-corrected chi connectivity index (χ4v) is 2.82. The summed E-state index contributed by atoms with van der Waals surface area (Å²) in [7, 11) is 0. The lowest BCUT2D eigenvalue weighted by atomic mass is 9.92. The molecule has 0 unspecified atom stereocenters. The van der Waals surface area contributed by atoms with Gasteiger partial charge < -0.3 is 5.41 Å². The molecule has 0 amide bonds. The lowest BCUT2D eigenvalue weighted by Gasteiger charge is -2.12. The fourth-order valence-electron chi connectivity index (χ4n) is 2.82. The maximum Gasteiger partial charge on any atom is 0.182 e.